The van der Waals surface area contributed by atoms with E-state index in [1.54, 1.807) is 0 Å². The summed E-state index contributed by atoms with van der Waals surface area (Å²) in [6, 6.07) is 25.2. The summed E-state index contributed by atoms with van der Waals surface area (Å²) >= 11 is 1.84. The highest BCUT2D eigenvalue weighted by Crippen LogP contribution is 2.38. The van der Waals surface area contributed by atoms with E-state index in [2.05, 4.69) is 65.4 Å². The third-order valence-electron chi connectivity index (χ3n) is 4.36. The lowest BCUT2D eigenvalue weighted by molar-refractivity contribution is 0.579. The van der Waals surface area contributed by atoms with Gasteiger partial charge in [-0.25, -0.2) is 10.4 Å². The zero-order valence-corrected chi connectivity index (χ0v) is 13.7. The molecule has 1 unspecified atom stereocenters. The van der Waals surface area contributed by atoms with Crippen LogP contribution in [0.4, 0.5) is 0 Å². The fourth-order valence-electron chi connectivity index (χ4n) is 3.20. The van der Waals surface area contributed by atoms with Gasteiger partial charge in [-0.3, -0.25) is 0 Å². The summed E-state index contributed by atoms with van der Waals surface area (Å²) in [6.07, 6.45) is -0.0723. The van der Waals surface area contributed by atoms with E-state index in [9.17, 15) is 0 Å². The highest BCUT2D eigenvalue weighted by atomic mass is 32.1. The molecular weight excluding hydrogens is 314 g/mol. The quantitative estimate of drug-likeness (QED) is 0.563. The Morgan fingerprint density at radius 1 is 0.792 bits per heavy atom. The molecule has 0 aliphatic carbocycles. The van der Waals surface area contributed by atoms with Gasteiger partial charge in [0.2, 0.25) is 0 Å². The molecule has 0 saturated heterocycles. The van der Waals surface area contributed by atoms with Gasteiger partial charge in [0.15, 0.2) is 0 Å². The molecule has 3 nitrogen and oxygen atoms in total. The summed E-state index contributed by atoms with van der Waals surface area (Å²) in [5, 5.41) is 2.62. The van der Waals surface area contributed by atoms with Gasteiger partial charge in [-0.1, -0.05) is 66.7 Å². The average molecular weight is 329 g/mol. The van der Waals surface area contributed by atoms with Gasteiger partial charge in [0.25, 0.3) is 0 Å². The molecule has 4 aromatic rings. The van der Waals surface area contributed by atoms with Crippen LogP contribution >= 0.6 is 11.3 Å². The van der Waals surface area contributed by atoms with Crippen molar-refractivity contribution in [3.63, 3.8) is 0 Å². The number of hydrogen-bond donors (Lipinski definition) is 2. The minimum atomic E-state index is -0.0723. The van der Waals surface area contributed by atoms with Gasteiger partial charge in [0.1, 0.15) is 12.0 Å². The number of amidine groups is 1. The van der Waals surface area contributed by atoms with Crippen LogP contribution in [0.3, 0.4) is 0 Å². The lowest BCUT2D eigenvalue weighted by atomic mass is 10.1. The zero-order valence-electron chi connectivity index (χ0n) is 12.9. The lowest BCUT2D eigenvalue weighted by Gasteiger charge is -2.08. The van der Waals surface area contributed by atoms with E-state index < -0.39 is 0 Å². The van der Waals surface area contributed by atoms with Crippen LogP contribution in [-0.2, 0) is 0 Å². The van der Waals surface area contributed by atoms with Crippen LogP contribution < -0.4 is 10.9 Å². The van der Waals surface area contributed by atoms with Crippen molar-refractivity contribution in [2.75, 3.05) is 0 Å². The number of fused-ring (bicyclic) bond motifs is 3. The third kappa shape index (κ3) is 2.12. The predicted octanol–water partition coefficient (Wildman–Crippen LogP) is 4.61. The van der Waals surface area contributed by atoms with Crippen LogP contribution in [0.15, 0.2) is 77.8 Å². The fraction of sp³-hybridized carbons (Fsp3) is 0.0500. The average Bonchev–Trinajstić information content (AvgIpc) is 3.27. The van der Waals surface area contributed by atoms with Gasteiger partial charge < -0.3 is 5.43 Å². The number of nitrogens with zero attached hydrogens (tertiary/aromatic N) is 1. The van der Waals surface area contributed by atoms with Crippen molar-refractivity contribution >= 4 is 37.3 Å². The summed E-state index contributed by atoms with van der Waals surface area (Å²) in [5.74, 6) is 0.888. The molecule has 1 atom stereocenters. The molecule has 2 heterocycles. The van der Waals surface area contributed by atoms with Crippen molar-refractivity contribution in [2.24, 2.45) is 4.99 Å². The second kappa shape index (κ2) is 5.44. The van der Waals surface area contributed by atoms with Gasteiger partial charge in [-0.2, -0.15) is 0 Å². The van der Waals surface area contributed by atoms with Gasteiger partial charge >= 0.3 is 0 Å². The SMILES string of the molecule is c1ccc(C2=NC(c3cccc4c3sc3ccccc34)NN2)cc1. The van der Waals surface area contributed by atoms with Gasteiger partial charge in [0.05, 0.1) is 0 Å². The standard InChI is InChI=1S/C20H15N3S/c1-2-7-13(8-3-1)19-21-20(23-22-19)16-11-6-10-15-14-9-4-5-12-17(14)24-18(15)16/h1-12,20,23H,(H,21,22). The van der Waals surface area contributed by atoms with Gasteiger partial charge in [-0.15, -0.1) is 11.3 Å². The topological polar surface area (TPSA) is 36.4 Å². The lowest BCUT2D eigenvalue weighted by Crippen LogP contribution is -2.31. The first-order chi connectivity index (χ1) is 11.9. The number of nitrogens with one attached hydrogen (secondary N) is 2. The molecule has 24 heavy (non-hydrogen) atoms. The molecule has 0 spiro atoms. The summed E-state index contributed by atoms with van der Waals surface area (Å²) in [5.41, 5.74) is 8.84. The normalized spacial score (nSPS) is 17.2. The van der Waals surface area contributed by atoms with Crippen LogP contribution in [0.5, 0.6) is 0 Å². The molecule has 3 aromatic carbocycles. The fourth-order valence-corrected chi connectivity index (χ4v) is 4.44. The Labute approximate surface area is 143 Å². The van der Waals surface area contributed by atoms with Crippen LogP contribution in [0, 0.1) is 0 Å². The Kier molecular flexibility index (Phi) is 3.11. The van der Waals surface area contributed by atoms with E-state index >= 15 is 0 Å². The minimum absolute atomic E-state index is 0.0723. The van der Waals surface area contributed by atoms with Crippen molar-refractivity contribution in [3.05, 3.63) is 83.9 Å². The van der Waals surface area contributed by atoms with E-state index in [1.165, 1.54) is 25.7 Å². The monoisotopic (exact) mass is 329 g/mol. The minimum Gasteiger partial charge on any atom is -0.303 e. The molecule has 0 saturated carbocycles. The molecule has 1 aliphatic rings. The predicted molar refractivity (Wildman–Crippen MR) is 101 cm³/mol. The second-order valence-electron chi connectivity index (χ2n) is 5.84. The van der Waals surface area contributed by atoms with Crippen molar-refractivity contribution < 1.29 is 0 Å². The molecule has 4 heteroatoms. The zero-order chi connectivity index (χ0) is 15.9. The Morgan fingerprint density at radius 2 is 1.58 bits per heavy atom. The third-order valence-corrected chi connectivity index (χ3v) is 5.60. The second-order valence-corrected chi connectivity index (χ2v) is 6.89. The van der Waals surface area contributed by atoms with E-state index in [1.807, 2.05) is 29.5 Å². The van der Waals surface area contributed by atoms with E-state index in [4.69, 9.17) is 4.99 Å². The molecule has 2 N–H and O–H groups in total. The Bertz CT molecular complexity index is 1070. The van der Waals surface area contributed by atoms with E-state index in [0.717, 1.165) is 11.4 Å². The molecule has 5 rings (SSSR count). The molecule has 0 amide bonds. The summed E-state index contributed by atoms with van der Waals surface area (Å²) in [6.45, 7) is 0. The van der Waals surface area contributed by atoms with Crippen LogP contribution in [0.1, 0.15) is 17.3 Å². The maximum Gasteiger partial charge on any atom is 0.145 e. The largest absolute Gasteiger partial charge is 0.303 e. The van der Waals surface area contributed by atoms with Crippen molar-refractivity contribution in [2.45, 2.75) is 6.17 Å². The molecule has 0 bridgehead atoms. The highest BCUT2D eigenvalue weighted by molar-refractivity contribution is 7.26. The first kappa shape index (κ1) is 13.7. The molecule has 1 aliphatic heterocycles. The molecule has 116 valence electrons. The molecular formula is C20H15N3S. The van der Waals surface area contributed by atoms with E-state index in [-0.39, 0.29) is 6.17 Å². The van der Waals surface area contributed by atoms with Crippen molar-refractivity contribution in [1.29, 1.82) is 0 Å². The summed E-state index contributed by atoms with van der Waals surface area (Å²) < 4.78 is 2.62. The Balaban J connectivity index is 1.64. The van der Waals surface area contributed by atoms with Crippen LogP contribution in [-0.4, -0.2) is 5.84 Å². The molecule has 0 fully saturated rings. The Hall–Kier alpha value is -2.69. The highest BCUT2D eigenvalue weighted by Gasteiger charge is 2.21. The maximum atomic E-state index is 4.85. The van der Waals surface area contributed by atoms with Crippen LogP contribution in [0.2, 0.25) is 0 Å². The summed E-state index contributed by atoms with van der Waals surface area (Å²) in [4.78, 5) is 4.85. The molecule has 0 radical (unpaired) electrons. The number of rotatable bonds is 2. The molecule has 1 aromatic heterocycles. The number of hydrazine groups is 1. The van der Waals surface area contributed by atoms with Gasteiger partial charge in [-0.05, 0) is 6.07 Å². The number of hydrogen-bond acceptors (Lipinski definition) is 4. The number of benzene rings is 3. The van der Waals surface area contributed by atoms with E-state index in [0.29, 0.717) is 0 Å². The first-order valence-electron chi connectivity index (χ1n) is 7.95. The smallest absolute Gasteiger partial charge is 0.145 e. The number of thiophene rings is 1. The summed E-state index contributed by atoms with van der Waals surface area (Å²) in [7, 11) is 0. The van der Waals surface area contributed by atoms with Crippen molar-refractivity contribution in [1.82, 2.24) is 10.9 Å². The van der Waals surface area contributed by atoms with Gasteiger partial charge in [0, 0.05) is 31.3 Å². The Morgan fingerprint density at radius 3 is 2.50 bits per heavy atom. The first-order valence-corrected chi connectivity index (χ1v) is 8.77. The number of aliphatic imine (C=N–C) groups is 1. The van der Waals surface area contributed by atoms with Crippen molar-refractivity contribution in [3.8, 4) is 0 Å². The van der Waals surface area contributed by atoms with Crippen LogP contribution in [0.25, 0.3) is 20.2 Å². The maximum absolute atomic E-state index is 4.85.